The first-order valence-electron chi connectivity index (χ1n) is 9.15. The van der Waals surface area contributed by atoms with E-state index < -0.39 is 47.7 Å². The summed E-state index contributed by atoms with van der Waals surface area (Å²) in [6.07, 6.45) is -1.67. The Morgan fingerprint density at radius 2 is 2.00 bits per heavy atom. The van der Waals surface area contributed by atoms with Gasteiger partial charge in [0.2, 0.25) is 0 Å². The number of benzene rings is 2. The zero-order valence-corrected chi connectivity index (χ0v) is 16.8. The number of amides is 1. The van der Waals surface area contributed by atoms with Gasteiger partial charge in [-0.1, -0.05) is 6.07 Å². The molecule has 162 valence electrons. The van der Waals surface area contributed by atoms with E-state index in [4.69, 9.17) is 9.47 Å². The van der Waals surface area contributed by atoms with Crippen LogP contribution in [0.25, 0.3) is 10.2 Å². The molecule has 0 saturated carbocycles. The number of nitrogens with zero attached hydrogens (tertiary/aromatic N) is 2. The number of fused-ring (bicyclic) bond motifs is 2. The van der Waals surface area contributed by atoms with Gasteiger partial charge in [0.1, 0.15) is 16.4 Å². The van der Waals surface area contributed by atoms with Gasteiger partial charge in [-0.3, -0.25) is 14.5 Å². The Balaban J connectivity index is 1.72. The van der Waals surface area contributed by atoms with E-state index in [-0.39, 0.29) is 39.8 Å². The molecule has 1 atom stereocenters. The second-order valence-corrected chi connectivity index (χ2v) is 7.65. The molecule has 0 saturated heterocycles. The summed E-state index contributed by atoms with van der Waals surface area (Å²) in [5.74, 6) is -6.55. The number of carbonyl (C=O) groups is 2. The summed E-state index contributed by atoms with van der Waals surface area (Å²) in [7, 11) is 0. The van der Waals surface area contributed by atoms with Crippen molar-refractivity contribution in [3.8, 4) is 5.75 Å². The number of hydrogen-bond donors (Lipinski definition) is 0. The molecule has 1 aliphatic rings. The van der Waals surface area contributed by atoms with Crippen LogP contribution in [-0.4, -0.2) is 29.6 Å². The van der Waals surface area contributed by atoms with Gasteiger partial charge in [0.15, 0.2) is 29.4 Å². The lowest BCUT2D eigenvalue weighted by atomic mass is 10.1. The third kappa shape index (κ3) is 3.80. The maximum Gasteiger partial charge on any atom is 0.310 e. The summed E-state index contributed by atoms with van der Waals surface area (Å²) in [6.45, 7) is 1.40. The van der Waals surface area contributed by atoms with Crippen molar-refractivity contribution in [2.24, 2.45) is 0 Å². The Morgan fingerprint density at radius 1 is 1.23 bits per heavy atom. The fourth-order valence-corrected chi connectivity index (χ4v) is 4.18. The zero-order valence-electron chi connectivity index (χ0n) is 16.0. The summed E-state index contributed by atoms with van der Waals surface area (Å²) >= 11 is 0.705. The number of thiazole rings is 1. The lowest BCUT2D eigenvalue weighted by Gasteiger charge is -2.33. The van der Waals surface area contributed by atoms with Crippen LogP contribution in [0.5, 0.6) is 5.75 Å². The predicted octanol–water partition coefficient (Wildman–Crippen LogP) is 4.10. The van der Waals surface area contributed by atoms with Crippen molar-refractivity contribution in [2.45, 2.75) is 26.0 Å². The van der Waals surface area contributed by atoms with Gasteiger partial charge in [0, 0.05) is 6.07 Å². The van der Waals surface area contributed by atoms with Crippen LogP contribution < -0.4 is 9.64 Å². The molecular weight excluding hydrogens is 440 g/mol. The van der Waals surface area contributed by atoms with E-state index in [1.807, 2.05) is 0 Å². The number of para-hydroxylation sites is 1. The predicted molar refractivity (Wildman–Crippen MR) is 103 cm³/mol. The first-order chi connectivity index (χ1) is 14.8. The highest BCUT2D eigenvalue weighted by atomic mass is 32.1. The minimum absolute atomic E-state index is 0.0262. The molecular formula is C20H14F4N2O4S. The second kappa shape index (κ2) is 8.14. The van der Waals surface area contributed by atoms with Gasteiger partial charge in [0.25, 0.3) is 5.91 Å². The maximum atomic E-state index is 14.5. The molecule has 31 heavy (non-hydrogen) atoms. The van der Waals surface area contributed by atoms with E-state index in [1.165, 1.54) is 12.1 Å². The molecule has 0 spiro atoms. The standard InChI is InChI=1S/C20H14F4N2O4S/c1-2-29-15(27)7-13-20(28)26(18-9(21)4-3-5-12(18)30-13)8-14-25-11-6-10(22)16(23)17(24)19(11)31-14/h3-6,13H,2,7-8H2,1H3. The SMILES string of the molecule is CCOC(=O)CC1Oc2cccc(F)c2N(Cc2nc3cc(F)c(F)c(F)c3s2)C1=O. The van der Waals surface area contributed by atoms with Gasteiger partial charge in [-0.15, -0.1) is 11.3 Å². The first-order valence-corrected chi connectivity index (χ1v) is 9.96. The average Bonchev–Trinajstić information content (AvgIpc) is 3.12. The Bertz CT molecular complexity index is 1200. The van der Waals surface area contributed by atoms with Crippen LogP contribution in [0, 0.1) is 23.3 Å². The Morgan fingerprint density at radius 3 is 2.74 bits per heavy atom. The molecule has 3 aromatic rings. The van der Waals surface area contributed by atoms with Gasteiger partial charge in [-0.2, -0.15) is 0 Å². The van der Waals surface area contributed by atoms with E-state index in [9.17, 15) is 27.2 Å². The molecule has 0 N–H and O–H groups in total. The van der Waals surface area contributed by atoms with Crippen LogP contribution in [0.15, 0.2) is 24.3 Å². The topological polar surface area (TPSA) is 68.7 Å². The minimum atomic E-state index is -1.63. The molecule has 0 fully saturated rings. The molecule has 4 rings (SSSR count). The highest BCUT2D eigenvalue weighted by molar-refractivity contribution is 7.18. The molecule has 6 nitrogen and oxygen atoms in total. The number of carbonyl (C=O) groups excluding carboxylic acids is 2. The van der Waals surface area contributed by atoms with Crippen molar-refractivity contribution < 1.29 is 36.6 Å². The van der Waals surface area contributed by atoms with Crippen molar-refractivity contribution in [3.63, 3.8) is 0 Å². The van der Waals surface area contributed by atoms with Crippen molar-refractivity contribution in [2.75, 3.05) is 11.5 Å². The summed E-state index contributed by atoms with van der Waals surface area (Å²) < 4.78 is 65.8. The number of halogens is 4. The highest BCUT2D eigenvalue weighted by Crippen LogP contribution is 2.39. The number of esters is 1. The smallest absolute Gasteiger partial charge is 0.310 e. The Kier molecular flexibility index (Phi) is 5.52. The quantitative estimate of drug-likeness (QED) is 0.330. The number of ether oxygens (including phenoxy) is 2. The fourth-order valence-electron chi connectivity index (χ4n) is 3.22. The second-order valence-electron chi connectivity index (χ2n) is 6.57. The van der Waals surface area contributed by atoms with E-state index in [0.717, 1.165) is 17.0 Å². The normalized spacial score (nSPS) is 15.7. The van der Waals surface area contributed by atoms with Gasteiger partial charge in [-0.25, -0.2) is 22.5 Å². The molecule has 1 amide bonds. The Hall–Kier alpha value is -3.21. The molecule has 0 radical (unpaired) electrons. The summed E-state index contributed by atoms with van der Waals surface area (Å²) in [5, 5.41) is 0.109. The van der Waals surface area contributed by atoms with E-state index in [2.05, 4.69) is 4.98 Å². The van der Waals surface area contributed by atoms with Crippen molar-refractivity contribution in [1.29, 1.82) is 0 Å². The van der Waals surface area contributed by atoms with Gasteiger partial charge >= 0.3 is 5.97 Å². The number of rotatable bonds is 5. The largest absolute Gasteiger partial charge is 0.478 e. The minimum Gasteiger partial charge on any atom is -0.478 e. The van der Waals surface area contributed by atoms with Gasteiger partial charge in [0.05, 0.1) is 29.8 Å². The van der Waals surface area contributed by atoms with Crippen LogP contribution in [0.4, 0.5) is 23.2 Å². The van der Waals surface area contributed by atoms with Crippen molar-refractivity contribution in [3.05, 3.63) is 52.5 Å². The maximum absolute atomic E-state index is 14.5. The Labute approximate surface area is 177 Å². The van der Waals surface area contributed by atoms with Crippen LogP contribution in [0.2, 0.25) is 0 Å². The molecule has 0 bridgehead atoms. The molecule has 1 aromatic heterocycles. The van der Waals surface area contributed by atoms with Crippen molar-refractivity contribution >= 4 is 39.1 Å². The fraction of sp³-hybridized carbons (Fsp3) is 0.250. The monoisotopic (exact) mass is 454 g/mol. The molecule has 2 aromatic carbocycles. The molecule has 0 aliphatic carbocycles. The molecule has 1 aliphatic heterocycles. The number of hydrogen-bond acceptors (Lipinski definition) is 6. The third-order valence-corrected chi connectivity index (χ3v) is 5.59. The van der Waals surface area contributed by atoms with E-state index in [1.54, 1.807) is 6.92 Å². The molecule has 1 unspecified atom stereocenters. The average molecular weight is 454 g/mol. The lowest BCUT2D eigenvalue weighted by Crippen LogP contribution is -2.47. The first kappa shape index (κ1) is 21.0. The van der Waals surface area contributed by atoms with E-state index in [0.29, 0.717) is 11.3 Å². The van der Waals surface area contributed by atoms with Gasteiger partial charge < -0.3 is 9.47 Å². The van der Waals surface area contributed by atoms with Crippen LogP contribution >= 0.6 is 11.3 Å². The summed E-state index contributed by atoms with van der Waals surface area (Å²) in [6, 6.07) is 4.67. The third-order valence-electron chi connectivity index (χ3n) is 4.54. The molecule has 2 heterocycles. The molecule has 11 heteroatoms. The van der Waals surface area contributed by atoms with Crippen molar-refractivity contribution in [1.82, 2.24) is 4.98 Å². The van der Waals surface area contributed by atoms with Crippen LogP contribution in [0.3, 0.4) is 0 Å². The highest BCUT2D eigenvalue weighted by Gasteiger charge is 2.38. The van der Waals surface area contributed by atoms with E-state index >= 15 is 0 Å². The van der Waals surface area contributed by atoms with Crippen LogP contribution in [-0.2, 0) is 20.9 Å². The summed E-state index contributed by atoms with van der Waals surface area (Å²) in [5.41, 5.74) is -0.307. The van der Waals surface area contributed by atoms with Gasteiger partial charge in [-0.05, 0) is 19.1 Å². The zero-order chi connectivity index (χ0) is 22.3. The lowest BCUT2D eigenvalue weighted by molar-refractivity contribution is -0.147. The number of anilines is 1. The van der Waals surface area contributed by atoms with Crippen LogP contribution in [0.1, 0.15) is 18.4 Å². The summed E-state index contributed by atoms with van der Waals surface area (Å²) in [4.78, 5) is 29.9. The number of aromatic nitrogens is 1.